The van der Waals surface area contributed by atoms with Crippen molar-refractivity contribution in [1.82, 2.24) is 0 Å². The fraction of sp³-hybridized carbons (Fsp3) is 0.235. The van der Waals surface area contributed by atoms with Crippen LogP contribution < -0.4 is 5.32 Å². The van der Waals surface area contributed by atoms with Crippen LogP contribution in [0.3, 0.4) is 0 Å². The molecule has 98 valence electrons. The van der Waals surface area contributed by atoms with Crippen molar-refractivity contribution in [2.75, 3.05) is 5.32 Å². The van der Waals surface area contributed by atoms with Crippen LogP contribution in [0.25, 0.3) is 11.1 Å². The molecule has 2 aromatic carbocycles. The van der Waals surface area contributed by atoms with Crippen molar-refractivity contribution in [1.29, 1.82) is 0 Å². The standard InChI is InChI=1S/C17H19NO/c1-3-13(2)17(19)18-16-12-8-7-11-15(16)14-9-5-4-6-10-14/h4-13H,3H2,1-2H3,(H,18,19)/t13-/m0/s1. The van der Waals surface area contributed by atoms with Crippen LogP contribution in [0, 0.1) is 5.92 Å². The predicted molar refractivity (Wildman–Crippen MR) is 80.0 cm³/mol. The first-order valence-corrected chi connectivity index (χ1v) is 6.67. The molecule has 0 bridgehead atoms. The Bertz CT molecular complexity index is 548. The summed E-state index contributed by atoms with van der Waals surface area (Å²) in [6, 6.07) is 18.0. The summed E-state index contributed by atoms with van der Waals surface area (Å²) in [4.78, 5) is 12.0. The minimum atomic E-state index is 0.0313. The van der Waals surface area contributed by atoms with Gasteiger partial charge in [0.05, 0.1) is 0 Å². The minimum absolute atomic E-state index is 0.0313. The fourth-order valence-electron chi connectivity index (χ4n) is 1.90. The van der Waals surface area contributed by atoms with Crippen LogP contribution in [0.2, 0.25) is 0 Å². The second-order valence-corrected chi connectivity index (χ2v) is 4.71. The summed E-state index contributed by atoms with van der Waals surface area (Å²) in [5.74, 6) is 0.106. The van der Waals surface area contributed by atoms with Gasteiger partial charge in [0.1, 0.15) is 0 Å². The first-order valence-electron chi connectivity index (χ1n) is 6.67. The highest BCUT2D eigenvalue weighted by molar-refractivity contribution is 5.96. The molecule has 1 N–H and O–H groups in total. The van der Waals surface area contributed by atoms with E-state index >= 15 is 0 Å². The summed E-state index contributed by atoms with van der Waals surface area (Å²) in [5.41, 5.74) is 3.04. The SMILES string of the molecule is CC[C@H](C)C(=O)Nc1ccccc1-c1ccccc1. The van der Waals surface area contributed by atoms with Crippen LogP contribution in [0.1, 0.15) is 20.3 Å². The molecule has 0 spiro atoms. The highest BCUT2D eigenvalue weighted by Gasteiger charge is 2.12. The Hall–Kier alpha value is -2.09. The molecule has 0 unspecified atom stereocenters. The Morgan fingerprint density at radius 2 is 1.68 bits per heavy atom. The van der Waals surface area contributed by atoms with Gasteiger partial charge in [-0.05, 0) is 18.1 Å². The number of anilines is 1. The van der Waals surface area contributed by atoms with Gasteiger partial charge in [0.25, 0.3) is 0 Å². The van der Waals surface area contributed by atoms with Crippen molar-refractivity contribution in [3.05, 3.63) is 54.6 Å². The smallest absolute Gasteiger partial charge is 0.227 e. The Morgan fingerprint density at radius 3 is 2.37 bits per heavy atom. The predicted octanol–water partition coefficient (Wildman–Crippen LogP) is 4.34. The monoisotopic (exact) mass is 253 g/mol. The molecule has 0 aliphatic rings. The topological polar surface area (TPSA) is 29.1 Å². The molecule has 2 aromatic rings. The number of hydrogen-bond acceptors (Lipinski definition) is 1. The highest BCUT2D eigenvalue weighted by Crippen LogP contribution is 2.27. The molecule has 0 aromatic heterocycles. The molecule has 0 fully saturated rings. The number of hydrogen-bond donors (Lipinski definition) is 1. The number of carbonyl (C=O) groups excluding carboxylic acids is 1. The fourth-order valence-corrected chi connectivity index (χ4v) is 1.90. The second-order valence-electron chi connectivity index (χ2n) is 4.71. The van der Waals surface area contributed by atoms with E-state index < -0.39 is 0 Å². The molecule has 19 heavy (non-hydrogen) atoms. The molecule has 0 aliphatic heterocycles. The zero-order chi connectivity index (χ0) is 13.7. The Morgan fingerprint density at radius 1 is 1.05 bits per heavy atom. The van der Waals surface area contributed by atoms with E-state index in [-0.39, 0.29) is 11.8 Å². The normalized spacial score (nSPS) is 11.9. The summed E-state index contributed by atoms with van der Waals surface area (Å²) in [7, 11) is 0. The molecule has 1 amide bonds. The van der Waals surface area contributed by atoms with E-state index in [0.717, 1.165) is 23.2 Å². The summed E-state index contributed by atoms with van der Waals surface area (Å²) in [5, 5.41) is 3.02. The third kappa shape index (κ3) is 3.22. The van der Waals surface area contributed by atoms with E-state index in [9.17, 15) is 4.79 Å². The maximum Gasteiger partial charge on any atom is 0.227 e. The van der Waals surface area contributed by atoms with E-state index in [2.05, 4.69) is 5.32 Å². The maximum atomic E-state index is 12.0. The van der Waals surface area contributed by atoms with Gasteiger partial charge < -0.3 is 5.32 Å². The quantitative estimate of drug-likeness (QED) is 0.863. The van der Waals surface area contributed by atoms with Gasteiger partial charge in [-0.15, -0.1) is 0 Å². The number of carbonyl (C=O) groups is 1. The lowest BCUT2D eigenvalue weighted by Gasteiger charge is -2.14. The Balaban J connectivity index is 2.30. The number of rotatable bonds is 4. The van der Waals surface area contributed by atoms with Gasteiger partial charge >= 0.3 is 0 Å². The lowest BCUT2D eigenvalue weighted by molar-refractivity contribution is -0.119. The third-order valence-corrected chi connectivity index (χ3v) is 3.33. The van der Waals surface area contributed by atoms with Crippen molar-refractivity contribution < 1.29 is 4.79 Å². The second kappa shape index (κ2) is 6.19. The molecule has 0 aliphatic carbocycles. The first-order chi connectivity index (χ1) is 9.22. The van der Waals surface area contributed by atoms with E-state index in [4.69, 9.17) is 0 Å². The highest BCUT2D eigenvalue weighted by atomic mass is 16.1. The molecular weight excluding hydrogens is 234 g/mol. The number of para-hydroxylation sites is 1. The Kier molecular flexibility index (Phi) is 4.35. The maximum absolute atomic E-state index is 12.0. The van der Waals surface area contributed by atoms with Crippen LogP contribution in [0.15, 0.2) is 54.6 Å². The van der Waals surface area contributed by atoms with Gasteiger partial charge in [0.2, 0.25) is 5.91 Å². The third-order valence-electron chi connectivity index (χ3n) is 3.33. The molecular formula is C17H19NO. The van der Waals surface area contributed by atoms with Gasteiger partial charge in [-0.1, -0.05) is 62.4 Å². The molecule has 2 heteroatoms. The molecule has 2 nitrogen and oxygen atoms in total. The van der Waals surface area contributed by atoms with Crippen LogP contribution in [0.4, 0.5) is 5.69 Å². The van der Waals surface area contributed by atoms with Gasteiger partial charge in [-0.25, -0.2) is 0 Å². The molecule has 0 saturated heterocycles. The van der Waals surface area contributed by atoms with Crippen LogP contribution in [0.5, 0.6) is 0 Å². The number of benzene rings is 2. The number of amides is 1. The van der Waals surface area contributed by atoms with Crippen LogP contribution in [-0.2, 0) is 4.79 Å². The van der Waals surface area contributed by atoms with Crippen molar-refractivity contribution >= 4 is 11.6 Å². The summed E-state index contributed by atoms with van der Waals surface area (Å²) in [6.45, 7) is 3.97. The lowest BCUT2D eigenvalue weighted by atomic mass is 10.0. The van der Waals surface area contributed by atoms with Crippen molar-refractivity contribution in [3.8, 4) is 11.1 Å². The molecule has 2 rings (SSSR count). The van der Waals surface area contributed by atoms with Crippen molar-refractivity contribution in [3.63, 3.8) is 0 Å². The summed E-state index contributed by atoms with van der Waals surface area (Å²) in [6.07, 6.45) is 0.847. The zero-order valence-electron chi connectivity index (χ0n) is 11.4. The summed E-state index contributed by atoms with van der Waals surface area (Å²) >= 11 is 0. The first kappa shape index (κ1) is 13.3. The van der Waals surface area contributed by atoms with Crippen molar-refractivity contribution in [2.24, 2.45) is 5.92 Å². The van der Waals surface area contributed by atoms with Gasteiger partial charge in [0.15, 0.2) is 0 Å². The zero-order valence-corrected chi connectivity index (χ0v) is 11.4. The van der Waals surface area contributed by atoms with E-state index in [1.54, 1.807) is 0 Å². The average molecular weight is 253 g/mol. The van der Waals surface area contributed by atoms with Crippen LogP contribution >= 0.6 is 0 Å². The van der Waals surface area contributed by atoms with Gasteiger partial charge in [-0.2, -0.15) is 0 Å². The van der Waals surface area contributed by atoms with Crippen molar-refractivity contribution in [2.45, 2.75) is 20.3 Å². The van der Waals surface area contributed by atoms with E-state index in [0.29, 0.717) is 0 Å². The number of nitrogens with one attached hydrogen (secondary N) is 1. The summed E-state index contributed by atoms with van der Waals surface area (Å²) < 4.78 is 0. The van der Waals surface area contributed by atoms with E-state index in [1.165, 1.54) is 0 Å². The van der Waals surface area contributed by atoms with Crippen LogP contribution in [-0.4, -0.2) is 5.91 Å². The molecule has 0 heterocycles. The molecule has 0 saturated carbocycles. The molecule has 1 atom stereocenters. The van der Waals surface area contributed by atoms with E-state index in [1.807, 2.05) is 68.4 Å². The minimum Gasteiger partial charge on any atom is -0.325 e. The largest absolute Gasteiger partial charge is 0.325 e. The molecule has 0 radical (unpaired) electrons. The lowest BCUT2D eigenvalue weighted by Crippen LogP contribution is -2.20. The van der Waals surface area contributed by atoms with Gasteiger partial charge in [-0.3, -0.25) is 4.79 Å². The average Bonchev–Trinajstić information content (AvgIpc) is 2.47. The van der Waals surface area contributed by atoms with Gasteiger partial charge in [0, 0.05) is 17.2 Å². The Labute approximate surface area is 114 Å².